The average molecular weight is 234 g/mol. The smallest absolute Gasteiger partial charge is 0.389 e. The Morgan fingerprint density at radius 1 is 1.50 bits per heavy atom. The number of anilines is 1. The average Bonchev–Trinajstić information content (AvgIpc) is 2.15. The quantitative estimate of drug-likeness (QED) is 0.870. The van der Waals surface area contributed by atoms with Gasteiger partial charge < -0.3 is 10.0 Å². The summed E-state index contributed by atoms with van der Waals surface area (Å²) >= 11 is 0. The van der Waals surface area contributed by atoms with E-state index in [2.05, 4.69) is 4.98 Å². The Hall–Kier alpha value is -1.30. The highest BCUT2D eigenvalue weighted by Gasteiger charge is 2.30. The predicted molar refractivity (Wildman–Crippen MR) is 54.2 cm³/mol. The summed E-state index contributed by atoms with van der Waals surface area (Å²) in [5.41, 5.74) is 0.384. The third kappa shape index (κ3) is 3.37. The first-order valence-corrected chi connectivity index (χ1v) is 4.72. The van der Waals surface area contributed by atoms with Gasteiger partial charge in [0.15, 0.2) is 0 Å². The van der Waals surface area contributed by atoms with E-state index in [-0.39, 0.29) is 5.82 Å². The molecule has 0 unspecified atom stereocenters. The van der Waals surface area contributed by atoms with E-state index in [1.54, 1.807) is 12.1 Å². The van der Waals surface area contributed by atoms with E-state index in [4.69, 9.17) is 0 Å². The van der Waals surface area contributed by atoms with Crippen molar-refractivity contribution in [1.82, 2.24) is 4.98 Å². The van der Waals surface area contributed by atoms with Crippen LogP contribution in [0.15, 0.2) is 18.3 Å². The Bertz CT molecular complexity index is 352. The van der Waals surface area contributed by atoms with Crippen LogP contribution < -0.4 is 4.90 Å². The van der Waals surface area contributed by atoms with Crippen LogP contribution in [0.2, 0.25) is 0 Å². The molecule has 1 heterocycles. The van der Waals surface area contributed by atoms with Gasteiger partial charge in [-0.25, -0.2) is 4.98 Å². The number of hydrogen-bond donors (Lipinski definition) is 1. The third-order valence-electron chi connectivity index (χ3n) is 2.04. The molecule has 1 atom stereocenters. The zero-order valence-corrected chi connectivity index (χ0v) is 8.99. The van der Waals surface area contributed by atoms with Crippen molar-refractivity contribution in [2.24, 2.45) is 0 Å². The van der Waals surface area contributed by atoms with Crippen molar-refractivity contribution in [2.75, 3.05) is 18.5 Å². The van der Waals surface area contributed by atoms with Gasteiger partial charge in [-0.15, -0.1) is 0 Å². The lowest BCUT2D eigenvalue weighted by Crippen LogP contribution is -2.32. The normalized spacial score (nSPS) is 13.6. The van der Waals surface area contributed by atoms with Crippen LogP contribution in [0.4, 0.5) is 19.0 Å². The van der Waals surface area contributed by atoms with E-state index < -0.39 is 18.8 Å². The van der Waals surface area contributed by atoms with Gasteiger partial charge in [0.25, 0.3) is 0 Å². The molecule has 0 spiro atoms. The molecule has 0 saturated heterocycles. The van der Waals surface area contributed by atoms with Crippen LogP contribution >= 0.6 is 0 Å². The van der Waals surface area contributed by atoms with E-state index in [9.17, 15) is 18.3 Å². The number of hydrogen-bond acceptors (Lipinski definition) is 3. The highest BCUT2D eigenvalue weighted by Crippen LogP contribution is 2.25. The minimum atomic E-state index is -4.29. The summed E-state index contributed by atoms with van der Waals surface area (Å²) in [4.78, 5) is 4.82. The summed E-state index contributed by atoms with van der Waals surface area (Å²) in [6, 6.07) is 3.13. The lowest BCUT2D eigenvalue weighted by atomic mass is 10.1. The Balaban J connectivity index is 2.95. The largest absolute Gasteiger partial charge is 0.405 e. The number of aromatic nitrogens is 1. The summed E-state index contributed by atoms with van der Waals surface area (Å²) in [6.45, 7) is 0.395. The van der Waals surface area contributed by atoms with Gasteiger partial charge in [-0.3, -0.25) is 0 Å². The number of nitrogens with zero attached hydrogens (tertiary/aromatic N) is 2. The highest BCUT2D eigenvalue weighted by atomic mass is 19.4. The van der Waals surface area contributed by atoms with Crippen molar-refractivity contribution >= 4 is 5.82 Å². The van der Waals surface area contributed by atoms with E-state index in [1.165, 1.54) is 20.2 Å². The molecule has 0 fully saturated rings. The van der Waals surface area contributed by atoms with Gasteiger partial charge in [-0.1, -0.05) is 6.07 Å². The molecular weight excluding hydrogens is 221 g/mol. The second-order valence-electron chi connectivity index (χ2n) is 3.56. The first-order chi connectivity index (χ1) is 7.31. The number of rotatable bonds is 3. The molecule has 0 aliphatic carbocycles. The minimum absolute atomic E-state index is 0.148. The van der Waals surface area contributed by atoms with Gasteiger partial charge >= 0.3 is 6.18 Å². The second-order valence-corrected chi connectivity index (χ2v) is 3.56. The molecule has 90 valence electrons. The molecule has 0 aromatic carbocycles. The van der Waals surface area contributed by atoms with Gasteiger partial charge in [-0.05, 0) is 13.0 Å². The summed E-state index contributed by atoms with van der Waals surface area (Å²) < 4.78 is 36.6. The molecule has 1 aromatic heterocycles. The Morgan fingerprint density at radius 2 is 2.12 bits per heavy atom. The molecule has 0 bridgehead atoms. The number of aliphatic hydroxyl groups excluding tert-OH is 1. The number of pyridine rings is 1. The number of aliphatic hydroxyl groups is 1. The highest BCUT2D eigenvalue weighted by molar-refractivity contribution is 5.47. The lowest BCUT2D eigenvalue weighted by Gasteiger charge is -2.23. The molecule has 6 heteroatoms. The van der Waals surface area contributed by atoms with Crippen LogP contribution in [0.1, 0.15) is 18.6 Å². The molecule has 3 nitrogen and oxygen atoms in total. The monoisotopic (exact) mass is 234 g/mol. The third-order valence-corrected chi connectivity index (χ3v) is 2.04. The van der Waals surface area contributed by atoms with Crippen LogP contribution in [0, 0.1) is 0 Å². The van der Waals surface area contributed by atoms with Crippen LogP contribution in [0.5, 0.6) is 0 Å². The molecule has 1 rings (SSSR count). The van der Waals surface area contributed by atoms with Crippen molar-refractivity contribution in [2.45, 2.75) is 19.2 Å². The van der Waals surface area contributed by atoms with E-state index in [1.807, 2.05) is 0 Å². The summed E-state index contributed by atoms with van der Waals surface area (Å²) in [7, 11) is 1.29. The maximum absolute atomic E-state index is 12.2. The summed E-state index contributed by atoms with van der Waals surface area (Å²) in [5, 5.41) is 9.40. The van der Waals surface area contributed by atoms with Crippen molar-refractivity contribution < 1.29 is 18.3 Å². The van der Waals surface area contributed by atoms with Crippen molar-refractivity contribution in [3.8, 4) is 0 Å². The zero-order chi connectivity index (χ0) is 12.3. The Morgan fingerprint density at radius 3 is 2.62 bits per heavy atom. The van der Waals surface area contributed by atoms with Crippen molar-refractivity contribution in [3.63, 3.8) is 0 Å². The van der Waals surface area contributed by atoms with E-state index in [0.29, 0.717) is 5.56 Å². The predicted octanol–water partition coefficient (Wildman–Crippen LogP) is 2.13. The Labute approximate surface area is 91.5 Å². The van der Waals surface area contributed by atoms with Crippen molar-refractivity contribution in [3.05, 3.63) is 23.9 Å². The standard InChI is InChI=1S/C10H13F3N2O/c1-7(16)8-4-3-5-14-9(8)15(2)6-10(11,12)13/h3-5,7,16H,6H2,1-2H3/t7-/m0/s1. The molecular formula is C10H13F3N2O. The fourth-order valence-corrected chi connectivity index (χ4v) is 1.40. The molecule has 0 amide bonds. The molecule has 1 N–H and O–H groups in total. The van der Waals surface area contributed by atoms with Crippen LogP contribution in [-0.4, -0.2) is 29.9 Å². The molecule has 0 radical (unpaired) electrons. The van der Waals surface area contributed by atoms with Crippen molar-refractivity contribution in [1.29, 1.82) is 0 Å². The fraction of sp³-hybridized carbons (Fsp3) is 0.500. The minimum Gasteiger partial charge on any atom is -0.389 e. The van der Waals surface area contributed by atoms with Gasteiger partial charge in [0.1, 0.15) is 12.4 Å². The molecule has 16 heavy (non-hydrogen) atoms. The summed E-state index contributed by atoms with van der Waals surface area (Å²) in [6.07, 6.45) is -3.74. The van der Waals surface area contributed by atoms with Crippen LogP contribution in [0.3, 0.4) is 0 Å². The Kier molecular flexibility index (Phi) is 3.74. The van der Waals surface area contributed by atoms with E-state index in [0.717, 1.165) is 4.90 Å². The molecule has 1 aromatic rings. The molecule has 0 saturated carbocycles. The zero-order valence-electron chi connectivity index (χ0n) is 8.99. The number of alkyl halides is 3. The summed E-state index contributed by atoms with van der Waals surface area (Å²) in [5.74, 6) is 0.148. The first kappa shape index (κ1) is 12.8. The van der Waals surface area contributed by atoms with Gasteiger partial charge in [0, 0.05) is 18.8 Å². The molecule has 0 aliphatic rings. The topological polar surface area (TPSA) is 36.4 Å². The first-order valence-electron chi connectivity index (χ1n) is 4.72. The lowest BCUT2D eigenvalue weighted by molar-refractivity contribution is -0.119. The van der Waals surface area contributed by atoms with Gasteiger partial charge in [0.2, 0.25) is 0 Å². The fourth-order valence-electron chi connectivity index (χ4n) is 1.40. The van der Waals surface area contributed by atoms with Crippen LogP contribution in [0.25, 0.3) is 0 Å². The van der Waals surface area contributed by atoms with E-state index >= 15 is 0 Å². The maximum Gasteiger partial charge on any atom is 0.405 e. The van der Waals surface area contributed by atoms with Gasteiger partial charge in [-0.2, -0.15) is 13.2 Å². The second kappa shape index (κ2) is 4.69. The number of halogens is 3. The van der Waals surface area contributed by atoms with Crippen LogP contribution in [-0.2, 0) is 0 Å². The molecule has 0 aliphatic heterocycles. The maximum atomic E-state index is 12.2. The van der Waals surface area contributed by atoms with Gasteiger partial charge in [0.05, 0.1) is 6.10 Å². The SMILES string of the molecule is C[C@H](O)c1cccnc1N(C)CC(F)(F)F.